The number of para-hydroxylation sites is 1. The van der Waals surface area contributed by atoms with E-state index in [1.54, 1.807) is 10.6 Å². The number of ether oxygens (including phenoxy) is 1. The molecule has 5 rings (SSSR count). The Bertz CT molecular complexity index is 1320. The van der Waals surface area contributed by atoms with Crippen LogP contribution in [0.2, 0.25) is 0 Å². The van der Waals surface area contributed by atoms with Gasteiger partial charge in [0.2, 0.25) is 0 Å². The highest BCUT2D eigenvalue weighted by Crippen LogP contribution is 2.37. The fraction of sp³-hybridized carbons (Fsp3) is 0.222. The van der Waals surface area contributed by atoms with Gasteiger partial charge in [-0.3, -0.25) is 14.2 Å². The summed E-state index contributed by atoms with van der Waals surface area (Å²) in [6.45, 7) is 1.14. The molecule has 4 aromatic rings. The molecule has 3 aromatic carbocycles. The lowest BCUT2D eigenvalue weighted by atomic mass is 10.0. The number of carbonyl (C=O) groups excluding carboxylic acids is 1. The van der Waals surface area contributed by atoms with E-state index in [-0.39, 0.29) is 17.4 Å². The molecule has 5 nitrogen and oxygen atoms in total. The maximum absolute atomic E-state index is 13.6. The molecule has 1 saturated heterocycles. The number of Topliss-reactive ketones (excluding diaryl/α,β-unsaturated/α-hetero) is 1. The van der Waals surface area contributed by atoms with Gasteiger partial charge in [-0.25, -0.2) is 4.98 Å². The van der Waals surface area contributed by atoms with E-state index in [0.29, 0.717) is 34.8 Å². The van der Waals surface area contributed by atoms with Crippen molar-refractivity contribution in [2.45, 2.75) is 35.9 Å². The minimum atomic E-state index is -0.530. The first kappa shape index (κ1) is 21.6. The molecule has 2 heterocycles. The molecule has 0 radical (unpaired) electrons. The predicted molar refractivity (Wildman–Crippen MR) is 131 cm³/mol. The second-order valence-corrected chi connectivity index (χ2v) is 9.17. The summed E-state index contributed by atoms with van der Waals surface area (Å²) in [6, 6.07) is 26.3. The highest BCUT2D eigenvalue weighted by Gasteiger charge is 2.27. The van der Waals surface area contributed by atoms with Crippen LogP contribution in [0, 0.1) is 0 Å². The van der Waals surface area contributed by atoms with Gasteiger partial charge < -0.3 is 4.74 Å². The first-order valence-electron chi connectivity index (χ1n) is 11.1. The molecule has 0 aliphatic carbocycles. The maximum atomic E-state index is 13.6. The summed E-state index contributed by atoms with van der Waals surface area (Å²) in [5, 5.41) is 0.579. The van der Waals surface area contributed by atoms with Crippen molar-refractivity contribution in [1.29, 1.82) is 0 Å². The molecule has 0 N–H and O–H groups in total. The van der Waals surface area contributed by atoms with Crippen molar-refractivity contribution in [3.63, 3.8) is 0 Å². The van der Waals surface area contributed by atoms with Gasteiger partial charge in [0.15, 0.2) is 10.9 Å². The van der Waals surface area contributed by atoms with Crippen molar-refractivity contribution in [2.75, 3.05) is 6.61 Å². The molecule has 0 spiro atoms. The van der Waals surface area contributed by atoms with Gasteiger partial charge in [-0.05, 0) is 30.5 Å². The molecule has 2 atom stereocenters. The summed E-state index contributed by atoms with van der Waals surface area (Å²) in [4.78, 5) is 31.9. The summed E-state index contributed by atoms with van der Waals surface area (Å²) in [7, 11) is 0. The summed E-state index contributed by atoms with van der Waals surface area (Å²) >= 11 is 1.33. The molecule has 1 aliphatic rings. The lowest BCUT2D eigenvalue weighted by Gasteiger charge is -2.20. The zero-order valence-electron chi connectivity index (χ0n) is 18.1. The maximum Gasteiger partial charge on any atom is 0.262 e. The van der Waals surface area contributed by atoms with E-state index in [4.69, 9.17) is 9.72 Å². The van der Waals surface area contributed by atoms with E-state index in [1.807, 2.05) is 78.9 Å². The Hall–Kier alpha value is -3.22. The van der Waals surface area contributed by atoms with E-state index >= 15 is 0 Å². The van der Waals surface area contributed by atoms with Gasteiger partial charge in [-0.1, -0.05) is 84.6 Å². The van der Waals surface area contributed by atoms with Gasteiger partial charge >= 0.3 is 0 Å². The molecule has 6 heteroatoms. The van der Waals surface area contributed by atoms with Crippen molar-refractivity contribution in [1.82, 2.24) is 9.55 Å². The van der Waals surface area contributed by atoms with Crippen molar-refractivity contribution in [3.8, 4) is 0 Å². The molecular formula is C27H24N2O3S. The highest BCUT2D eigenvalue weighted by atomic mass is 32.2. The zero-order valence-corrected chi connectivity index (χ0v) is 18.9. The summed E-state index contributed by atoms with van der Waals surface area (Å²) in [5.74, 6) is -0.0159. The molecule has 0 amide bonds. The number of nitrogens with zero attached hydrogens (tertiary/aromatic N) is 2. The fourth-order valence-corrected chi connectivity index (χ4v) is 5.33. The quantitative estimate of drug-likeness (QED) is 0.215. The summed E-state index contributed by atoms with van der Waals surface area (Å²) in [6.07, 6.45) is 1.88. The third-order valence-corrected chi connectivity index (χ3v) is 7.10. The molecular weight excluding hydrogens is 432 g/mol. The first-order chi connectivity index (χ1) is 16.2. The van der Waals surface area contributed by atoms with E-state index in [9.17, 15) is 9.59 Å². The molecule has 0 unspecified atom stereocenters. The standard InChI is InChI=1S/C27H24N2O3S/c30-24(19-10-3-1-4-11-19)25(20-12-5-2-6-13-20)33-27-28-23-16-8-7-15-22(23)26(31)29(27)18-21-14-9-17-32-21/h1-8,10-13,15-16,21,25H,9,14,17-18H2/t21-,25+/m1/s1. The van der Waals surface area contributed by atoms with Crippen LogP contribution in [0.15, 0.2) is 94.9 Å². The monoisotopic (exact) mass is 456 g/mol. The van der Waals surface area contributed by atoms with Crippen molar-refractivity contribution >= 4 is 28.4 Å². The van der Waals surface area contributed by atoms with Crippen LogP contribution in [0.25, 0.3) is 10.9 Å². The Morgan fingerprint density at radius 2 is 1.70 bits per heavy atom. The summed E-state index contributed by atoms with van der Waals surface area (Å²) in [5.41, 5.74) is 2.04. The lowest BCUT2D eigenvalue weighted by molar-refractivity contribution is 0.0937. The minimum Gasteiger partial charge on any atom is -0.376 e. The van der Waals surface area contributed by atoms with E-state index in [2.05, 4.69) is 0 Å². The third kappa shape index (κ3) is 4.63. The molecule has 166 valence electrons. The van der Waals surface area contributed by atoms with Crippen LogP contribution in [0.5, 0.6) is 0 Å². The number of ketones is 1. The topological polar surface area (TPSA) is 61.2 Å². The number of rotatable bonds is 7. The number of aromatic nitrogens is 2. The predicted octanol–water partition coefficient (Wildman–Crippen LogP) is 5.29. The first-order valence-corrected chi connectivity index (χ1v) is 12.0. The van der Waals surface area contributed by atoms with Gasteiger partial charge in [0.25, 0.3) is 5.56 Å². The van der Waals surface area contributed by atoms with Gasteiger partial charge in [0.1, 0.15) is 5.25 Å². The number of fused-ring (bicyclic) bond motifs is 1. The number of carbonyl (C=O) groups is 1. The van der Waals surface area contributed by atoms with Crippen LogP contribution < -0.4 is 5.56 Å². The van der Waals surface area contributed by atoms with Crippen molar-refractivity contribution in [3.05, 3.63) is 106 Å². The zero-order chi connectivity index (χ0) is 22.6. The number of hydrogen-bond acceptors (Lipinski definition) is 5. The number of thioether (sulfide) groups is 1. The minimum absolute atomic E-state index is 0.0159. The smallest absolute Gasteiger partial charge is 0.262 e. The Labute approximate surface area is 196 Å². The average Bonchev–Trinajstić information content (AvgIpc) is 3.39. The summed E-state index contributed by atoms with van der Waals surface area (Å²) < 4.78 is 7.51. The second-order valence-electron chi connectivity index (χ2n) is 8.10. The molecule has 0 saturated carbocycles. The van der Waals surface area contributed by atoms with Gasteiger partial charge in [0, 0.05) is 12.2 Å². The van der Waals surface area contributed by atoms with Crippen LogP contribution in [0.1, 0.15) is 34.0 Å². The highest BCUT2D eigenvalue weighted by molar-refractivity contribution is 8.00. The van der Waals surface area contributed by atoms with Crippen LogP contribution in [0.4, 0.5) is 0 Å². The van der Waals surface area contributed by atoms with Crippen molar-refractivity contribution < 1.29 is 9.53 Å². The van der Waals surface area contributed by atoms with Crippen LogP contribution in [-0.4, -0.2) is 28.0 Å². The Balaban J connectivity index is 1.61. The molecule has 1 fully saturated rings. The van der Waals surface area contributed by atoms with Gasteiger partial charge in [-0.2, -0.15) is 0 Å². The van der Waals surface area contributed by atoms with E-state index < -0.39 is 5.25 Å². The van der Waals surface area contributed by atoms with Crippen LogP contribution in [-0.2, 0) is 11.3 Å². The fourth-order valence-electron chi connectivity index (χ4n) is 4.15. The lowest BCUT2D eigenvalue weighted by Crippen LogP contribution is -2.29. The number of benzene rings is 3. The van der Waals surface area contributed by atoms with E-state index in [0.717, 1.165) is 18.4 Å². The van der Waals surface area contributed by atoms with Gasteiger partial charge in [0.05, 0.1) is 23.6 Å². The molecule has 33 heavy (non-hydrogen) atoms. The Morgan fingerprint density at radius 1 is 1.00 bits per heavy atom. The van der Waals surface area contributed by atoms with Crippen LogP contribution in [0.3, 0.4) is 0 Å². The second kappa shape index (κ2) is 9.73. The van der Waals surface area contributed by atoms with Crippen molar-refractivity contribution in [2.24, 2.45) is 0 Å². The normalized spacial score (nSPS) is 16.7. The Morgan fingerprint density at radius 3 is 2.42 bits per heavy atom. The average molecular weight is 457 g/mol. The SMILES string of the molecule is O=C(c1ccccc1)[C@@H](Sc1nc2ccccc2c(=O)n1C[C@H]1CCCO1)c1ccccc1. The number of hydrogen-bond donors (Lipinski definition) is 0. The molecule has 0 bridgehead atoms. The largest absolute Gasteiger partial charge is 0.376 e. The van der Waals surface area contributed by atoms with Crippen LogP contribution >= 0.6 is 11.8 Å². The Kier molecular flexibility index (Phi) is 6.37. The molecule has 1 aromatic heterocycles. The third-order valence-electron chi connectivity index (χ3n) is 5.86. The van der Waals surface area contributed by atoms with Gasteiger partial charge in [-0.15, -0.1) is 0 Å². The molecule has 1 aliphatic heterocycles. The van der Waals surface area contributed by atoms with E-state index in [1.165, 1.54) is 11.8 Å².